The highest BCUT2D eigenvalue weighted by Crippen LogP contribution is 2.52. The van der Waals surface area contributed by atoms with Crippen LogP contribution < -0.4 is 0 Å². The summed E-state index contributed by atoms with van der Waals surface area (Å²) in [6, 6.07) is 9.70. The number of rotatable bonds is 1. The van der Waals surface area contributed by atoms with E-state index in [0.717, 1.165) is 10.9 Å². The summed E-state index contributed by atoms with van der Waals surface area (Å²) >= 11 is 0. The predicted molar refractivity (Wildman–Crippen MR) is 90.8 cm³/mol. The molecule has 4 rings (SSSR count). The number of para-hydroxylation sites is 1. The number of carbonyl (C=O) groups is 1. The van der Waals surface area contributed by atoms with E-state index in [1.54, 1.807) is 18.2 Å². The van der Waals surface area contributed by atoms with Crippen molar-refractivity contribution in [1.29, 1.82) is 5.26 Å². The first kappa shape index (κ1) is 15.2. The molecule has 1 atom stereocenters. The highest BCUT2D eigenvalue weighted by Gasteiger charge is 2.44. The molecule has 0 bridgehead atoms. The molecule has 2 aromatic rings. The van der Waals surface area contributed by atoms with E-state index in [1.807, 2.05) is 12.1 Å². The number of nitrogens with zero attached hydrogens (tertiary/aromatic N) is 2. The van der Waals surface area contributed by atoms with Crippen molar-refractivity contribution in [3.8, 4) is 6.07 Å². The maximum atomic E-state index is 12.4. The van der Waals surface area contributed by atoms with Crippen molar-refractivity contribution in [2.24, 2.45) is 5.41 Å². The van der Waals surface area contributed by atoms with Crippen LogP contribution in [-0.2, 0) is 21.2 Å². The fourth-order valence-corrected chi connectivity index (χ4v) is 5.19. The second kappa shape index (κ2) is 4.81. The third-order valence-electron chi connectivity index (χ3n) is 5.15. The number of nitriles is 1. The maximum absolute atomic E-state index is 12.4. The van der Waals surface area contributed by atoms with Crippen LogP contribution in [0.25, 0.3) is 16.5 Å². The van der Waals surface area contributed by atoms with Gasteiger partial charge in [-0.05, 0) is 37.0 Å². The van der Waals surface area contributed by atoms with Gasteiger partial charge in [-0.2, -0.15) is 5.26 Å². The van der Waals surface area contributed by atoms with Gasteiger partial charge in [-0.15, -0.1) is 0 Å². The number of hydrogen-bond acceptors (Lipinski definition) is 4. The molecule has 1 aromatic heterocycles. The lowest BCUT2D eigenvalue weighted by Gasteiger charge is -2.36. The lowest BCUT2D eigenvalue weighted by Crippen LogP contribution is -2.31. The minimum atomic E-state index is -3.48. The van der Waals surface area contributed by atoms with E-state index in [1.165, 1.54) is 10.2 Å². The molecule has 0 radical (unpaired) electrons. The van der Waals surface area contributed by atoms with E-state index < -0.39 is 15.4 Å². The SMILES string of the molecule is CS(=O)(=O)n1c2c(c3ccccc31)C1=CC(=O)CC[C@@]1(C#N)CC2. The Hall–Kier alpha value is -2.39. The molecule has 1 aromatic carbocycles. The van der Waals surface area contributed by atoms with Gasteiger partial charge in [0.15, 0.2) is 5.78 Å². The Bertz CT molecular complexity index is 1070. The quantitative estimate of drug-likeness (QED) is 0.799. The Morgan fingerprint density at radius 3 is 2.62 bits per heavy atom. The van der Waals surface area contributed by atoms with Gasteiger partial charge in [0.05, 0.1) is 23.3 Å². The van der Waals surface area contributed by atoms with Crippen LogP contribution in [0.1, 0.15) is 30.5 Å². The molecule has 0 unspecified atom stereocenters. The van der Waals surface area contributed by atoms with E-state index in [9.17, 15) is 18.5 Å². The van der Waals surface area contributed by atoms with Crippen LogP contribution in [0.15, 0.2) is 30.3 Å². The van der Waals surface area contributed by atoms with Crippen molar-refractivity contribution in [1.82, 2.24) is 3.97 Å². The molecule has 6 heteroatoms. The molecule has 0 aliphatic heterocycles. The van der Waals surface area contributed by atoms with E-state index in [4.69, 9.17) is 0 Å². The summed E-state index contributed by atoms with van der Waals surface area (Å²) in [5.41, 5.74) is 2.06. The Balaban J connectivity index is 2.17. The molecule has 24 heavy (non-hydrogen) atoms. The summed E-state index contributed by atoms with van der Waals surface area (Å²) in [7, 11) is -3.48. The Morgan fingerprint density at radius 1 is 1.21 bits per heavy atom. The number of allylic oxidation sites excluding steroid dienone is 2. The van der Waals surface area contributed by atoms with Gasteiger partial charge in [0.25, 0.3) is 0 Å². The first-order valence-electron chi connectivity index (χ1n) is 7.87. The summed E-state index contributed by atoms with van der Waals surface area (Å²) in [6.07, 6.45) is 4.68. The summed E-state index contributed by atoms with van der Waals surface area (Å²) in [6.45, 7) is 0. The monoisotopic (exact) mass is 340 g/mol. The Morgan fingerprint density at radius 2 is 1.92 bits per heavy atom. The standard InChI is InChI=1S/C18H16N2O3S/c1-24(22,23)20-15-5-3-2-4-13(15)17-14-10-12(21)6-8-18(14,11-19)9-7-16(17)20/h2-5,10H,6-9H2,1H3/t18-/m0/s1. The molecular formula is C18H16N2O3S. The first-order valence-corrected chi connectivity index (χ1v) is 9.72. The van der Waals surface area contributed by atoms with Crippen molar-refractivity contribution in [3.05, 3.63) is 41.6 Å². The molecule has 1 heterocycles. The van der Waals surface area contributed by atoms with Crippen LogP contribution in [0.2, 0.25) is 0 Å². The summed E-state index contributed by atoms with van der Waals surface area (Å²) in [4.78, 5) is 12.0. The third-order valence-corrected chi connectivity index (χ3v) is 6.23. The van der Waals surface area contributed by atoms with E-state index >= 15 is 0 Å². The van der Waals surface area contributed by atoms with Crippen molar-refractivity contribution in [2.45, 2.75) is 25.7 Å². The van der Waals surface area contributed by atoms with Crippen LogP contribution in [0, 0.1) is 16.7 Å². The highest BCUT2D eigenvalue weighted by atomic mass is 32.2. The van der Waals surface area contributed by atoms with Crippen molar-refractivity contribution < 1.29 is 13.2 Å². The molecule has 0 spiro atoms. The number of fused-ring (bicyclic) bond motifs is 5. The number of aromatic nitrogens is 1. The Kier molecular flexibility index (Phi) is 3.03. The van der Waals surface area contributed by atoms with Crippen LogP contribution in [0.5, 0.6) is 0 Å². The summed E-state index contributed by atoms with van der Waals surface area (Å²) in [5.74, 6) is -0.0000817. The van der Waals surface area contributed by atoms with Gasteiger partial charge in [0, 0.05) is 23.1 Å². The second-order valence-corrected chi connectivity index (χ2v) is 8.42. The highest BCUT2D eigenvalue weighted by molar-refractivity contribution is 7.89. The molecule has 0 saturated heterocycles. The van der Waals surface area contributed by atoms with Crippen LogP contribution in [-0.4, -0.2) is 24.4 Å². The smallest absolute Gasteiger partial charge is 0.236 e. The topological polar surface area (TPSA) is 79.9 Å². The van der Waals surface area contributed by atoms with Gasteiger partial charge in [-0.25, -0.2) is 12.4 Å². The lowest BCUT2D eigenvalue weighted by atomic mass is 9.64. The number of hydrogen-bond donors (Lipinski definition) is 0. The van der Waals surface area contributed by atoms with Gasteiger partial charge < -0.3 is 0 Å². The molecule has 0 amide bonds. The van der Waals surface area contributed by atoms with Gasteiger partial charge in [0.2, 0.25) is 10.0 Å². The van der Waals surface area contributed by atoms with Crippen molar-refractivity contribution >= 4 is 32.3 Å². The van der Waals surface area contributed by atoms with Crippen LogP contribution in [0.4, 0.5) is 0 Å². The van der Waals surface area contributed by atoms with Gasteiger partial charge in [-0.1, -0.05) is 18.2 Å². The van der Waals surface area contributed by atoms with Gasteiger partial charge in [0.1, 0.15) is 0 Å². The summed E-state index contributed by atoms with van der Waals surface area (Å²) < 4.78 is 26.1. The van der Waals surface area contributed by atoms with E-state index in [0.29, 0.717) is 42.5 Å². The minimum Gasteiger partial charge on any atom is -0.295 e. The van der Waals surface area contributed by atoms with E-state index in [2.05, 4.69) is 6.07 Å². The van der Waals surface area contributed by atoms with Crippen molar-refractivity contribution in [2.75, 3.05) is 6.26 Å². The van der Waals surface area contributed by atoms with Crippen molar-refractivity contribution in [3.63, 3.8) is 0 Å². The average Bonchev–Trinajstić information content (AvgIpc) is 2.89. The molecule has 2 aliphatic rings. The van der Waals surface area contributed by atoms with Crippen LogP contribution in [0.3, 0.4) is 0 Å². The summed E-state index contributed by atoms with van der Waals surface area (Å²) in [5, 5.41) is 10.6. The lowest BCUT2D eigenvalue weighted by molar-refractivity contribution is -0.115. The predicted octanol–water partition coefficient (Wildman–Crippen LogP) is 2.65. The molecule has 0 fully saturated rings. The zero-order chi connectivity index (χ0) is 17.1. The second-order valence-electron chi connectivity index (χ2n) is 6.58. The fourth-order valence-electron chi connectivity index (χ4n) is 4.09. The average molecular weight is 340 g/mol. The first-order chi connectivity index (χ1) is 11.4. The fraction of sp³-hybridized carbons (Fsp3) is 0.333. The third kappa shape index (κ3) is 1.91. The molecule has 0 N–H and O–H groups in total. The molecule has 0 saturated carbocycles. The van der Waals surface area contributed by atoms with Gasteiger partial charge >= 0.3 is 0 Å². The minimum absolute atomic E-state index is 0.0000817. The largest absolute Gasteiger partial charge is 0.295 e. The molecule has 2 aliphatic carbocycles. The normalized spacial score (nSPS) is 23.3. The zero-order valence-corrected chi connectivity index (χ0v) is 14.1. The molecule has 122 valence electrons. The van der Waals surface area contributed by atoms with E-state index in [-0.39, 0.29) is 5.78 Å². The molecular weight excluding hydrogens is 324 g/mol. The maximum Gasteiger partial charge on any atom is 0.236 e. The number of ketones is 1. The Labute approximate surface area is 140 Å². The zero-order valence-electron chi connectivity index (χ0n) is 13.2. The molecule has 5 nitrogen and oxygen atoms in total. The van der Waals surface area contributed by atoms with Crippen LogP contribution >= 0.6 is 0 Å². The number of carbonyl (C=O) groups excluding carboxylic acids is 1. The van der Waals surface area contributed by atoms with Gasteiger partial charge in [-0.3, -0.25) is 4.79 Å². The number of benzene rings is 1.